The number of hydrogen-bond donors (Lipinski definition) is 1. The molecule has 2 aromatic carbocycles. The SMILES string of the molecule is Nc1cc(F)c(Cl)cc1-n1nnc2ccccc21. The molecule has 0 aliphatic rings. The topological polar surface area (TPSA) is 56.7 Å². The Hall–Kier alpha value is -2.14. The summed E-state index contributed by atoms with van der Waals surface area (Å²) in [4.78, 5) is 0. The molecule has 0 saturated carbocycles. The quantitative estimate of drug-likeness (QED) is 0.686. The van der Waals surface area contributed by atoms with Gasteiger partial charge in [0.1, 0.15) is 11.3 Å². The Kier molecular flexibility index (Phi) is 2.41. The molecule has 0 amide bonds. The van der Waals surface area contributed by atoms with Gasteiger partial charge in [-0.15, -0.1) is 5.10 Å². The van der Waals surface area contributed by atoms with Gasteiger partial charge in [0, 0.05) is 6.07 Å². The Bertz CT molecular complexity index is 738. The molecule has 0 aliphatic heterocycles. The second kappa shape index (κ2) is 3.96. The zero-order valence-electron chi connectivity index (χ0n) is 9.14. The third kappa shape index (κ3) is 1.60. The minimum absolute atomic E-state index is 0.00113. The van der Waals surface area contributed by atoms with Crippen molar-refractivity contribution in [3.05, 3.63) is 47.2 Å². The number of rotatable bonds is 1. The van der Waals surface area contributed by atoms with Crippen LogP contribution in [0.25, 0.3) is 16.7 Å². The predicted octanol–water partition coefficient (Wildman–Crippen LogP) is 2.80. The fourth-order valence-corrected chi connectivity index (χ4v) is 1.94. The summed E-state index contributed by atoms with van der Waals surface area (Å²) in [5, 5.41) is 8.01. The number of benzene rings is 2. The minimum atomic E-state index is -0.553. The lowest BCUT2D eigenvalue weighted by atomic mass is 10.2. The van der Waals surface area contributed by atoms with Gasteiger partial charge in [0.05, 0.1) is 21.9 Å². The van der Waals surface area contributed by atoms with Gasteiger partial charge in [-0.1, -0.05) is 28.9 Å². The number of fused-ring (bicyclic) bond motifs is 1. The van der Waals surface area contributed by atoms with Crippen molar-refractivity contribution in [3.8, 4) is 5.69 Å². The zero-order chi connectivity index (χ0) is 12.7. The summed E-state index contributed by atoms with van der Waals surface area (Å²) in [6.45, 7) is 0. The van der Waals surface area contributed by atoms with Crippen molar-refractivity contribution in [2.24, 2.45) is 0 Å². The number of para-hydroxylation sites is 1. The Labute approximate surface area is 107 Å². The summed E-state index contributed by atoms with van der Waals surface area (Å²) in [5.41, 5.74) is 8.07. The normalized spacial score (nSPS) is 11.0. The summed E-state index contributed by atoms with van der Waals surface area (Å²) < 4.78 is 14.8. The number of nitrogen functional groups attached to an aromatic ring is 1. The third-order valence-electron chi connectivity index (χ3n) is 2.65. The predicted molar refractivity (Wildman–Crippen MR) is 68.2 cm³/mol. The fourth-order valence-electron chi connectivity index (χ4n) is 1.78. The third-order valence-corrected chi connectivity index (χ3v) is 2.94. The van der Waals surface area contributed by atoms with Gasteiger partial charge >= 0.3 is 0 Å². The van der Waals surface area contributed by atoms with E-state index in [0.29, 0.717) is 5.69 Å². The van der Waals surface area contributed by atoms with Crippen LogP contribution >= 0.6 is 11.6 Å². The summed E-state index contributed by atoms with van der Waals surface area (Å²) in [5.74, 6) is -0.553. The molecule has 0 radical (unpaired) electrons. The zero-order valence-corrected chi connectivity index (χ0v) is 9.89. The number of nitrogens with two attached hydrogens (primary N) is 1. The maximum Gasteiger partial charge on any atom is 0.143 e. The molecule has 2 N–H and O–H groups in total. The average molecular weight is 263 g/mol. The van der Waals surface area contributed by atoms with Crippen molar-refractivity contribution in [2.45, 2.75) is 0 Å². The van der Waals surface area contributed by atoms with Crippen LogP contribution in [-0.2, 0) is 0 Å². The summed E-state index contributed by atoms with van der Waals surface area (Å²) in [6.07, 6.45) is 0. The molecule has 0 unspecified atom stereocenters. The monoisotopic (exact) mass is 262 g/mol. The molecule has 1 aromatic heterocycles. The van der Waals surface area contributed by atoms with Gasteiger partial charge in [0.2, 0.25) is 0 Å². The molecule has 6 heteroatoms. The van der Waals surface area contributed by atoms with Crippen LogP contribution in [0.1, 0.15) is 0 Å². The van der Waals surface area contributed by atoms with Crippen LogP contribution in [0.15, 0.2) is 36.4 Å². The first-order valence-corrected chi connectivity index (χ1v) is 5.60. The summed E-state index contributed by atoms with van der Waals surface area (Å²) >= 11 is 5.76. The van der Waals surface area contributed by atoms with Crippen LogP contribution in [0, 0.1) is 5.82 Å². The van der Waals surface area contributed by atoms with Gasteiger partial charge in [-0.3, -0.25) is 0 Å². The molecule has 18 heavy (non-hydrogen) atoms. The lowest BCUT2D eigenvalue weighted by Crippen LogP contribution is -2.02. The van der Waals surface area contributed by atoms with Crippen molar-refractivity contribution < 1.29 is 4.39 Å². The van der Waals surface area contributed by atoms with Crippen LogP contribution < -0.4 is 5.73 Å². The van der Waals surface area contributed by atoms with Gasteiger partial charge < -0.3 is 5.73 Å². The number of aromatic nitrogens is 3. The highest BCUT2D eigenvalue weighted by molar-refractivity contribution is 6.31. The Balaban J connectivity index is 2.29. The molecule has 4 nitrogen and oxygen atoms in total. The number of halogens is 2. The standard InChI is InChI=1S/C12H8ClFN4/c13-7-5-12(9(15)6-8(7)14)18-11-4-2-1-3-10(11)16-17-18/h1-6H,15H2. The molecule has 90 valence electrons. The van der Waals surface area contributed by atoms with E-state index in [1.165, 1.54) is 16.8 Å². The Morgan fingerprint density at radius 3 is 2.83 bits per heavy atom. The van der Waals surface area contributed by atoms with Gasteiger partial charge in [0.25, 0.3) is 0 Å². The van der Waals surface area contributed by atoms with Crippen LogP contribution in [0.3, 0.4) is 0 Å². The molecule has 0 spiro atoms. The Morgan fingerprint density at radius 1 is 1.22 bits per heavy atom. The van der Waals surface area contributed by atoms with E-state index >= 15 is 0 Å². The van der Waals surface area contributed by atoms with E-state index in [4.69, 9.17) is 17.3 Å². The second-order valence-electron chi connectivity index (χ2n) is 3.82. The molecule has 0 saturated heterocycles. The summed E-state index contributed by atoms with van der Waals surface area (Å²) in [6, 6.07) is 10.0. The fraction of sp³-hybridized carbons (Fsp3) is 0. The minimum Gasteiger partial charge on any atom is -0.397 e. The van der Waals surface area contributed by atoms with E-state index < -0.39 is 5.82 Å². The lowest BCUT2D eigenvalue weighted by Gasteiger charge is -2.07. The molecular formula is C12H8ClFN4. The first kappa shape index (κ1) is 11.0. The molecule has 0 aliphatic carbocycles. The van der Waals surface area contributed by atoms with Crippen LogP contribution in [-0.4, -0.2) is 15.0 Å². The molecule has 1 heterocycles. The largest absolute Gasteiger partial charge is 0.397 e. The first-order chi connectivity index (χ1) is 8.66. The van der Waals surface area contributed by atoms with Crippen LogP contribution in [0.5, 0.6) is 0 Å². The molecule has 0 atom stereocenters. The number of nitrogens with zero attached hydrogens (tertiary/aromatic N) is 3. The smallest absolute Gasteiger partial charge is 0.143 e. The van der Waals surface area contributed by atoms with Crippen molar-refractivity contribution in [2.75, 3.05) is 5.73 Å². The molecule has 3 aromatic rings. The highest BCUT2D eigenvalue weighted by atomic mass is 35.5. The second-order valence-corrected chi connectivity index (χ2v) is 4.22. The van der Waals surface area contributed by atoms with Crippen molar-refractivity contribution in [3.63, 3.8) is 0 Å². The van der Waals surface area contributed by atoms with E-state index in [9.17, 15) is 4.39 Å². The number of hydrogen-bond acceptors (Lipinski definition) is 3. The van der Waals surface area contributed by atoms with Crippen molar-refractivity contribution in [1.82, 2.24) is 15.0 Å². The Morgan fingerprint density at radius 2 is 2.00 bits per heavy atom. The van der Waals surface area contributed by atoms with Gasteiger partial charge in [-0.05, 0) is 18.2 Å². The maximum atomic E-state index is 13.3. The van der Waals surface area contributed by atoms with Gasteiger partial charge in [-0.25, -0.2) is 9.07 Å². The van der Waals surface area contributed by atoms with Crippen molar-refractivity contribution >= 4 is 28.3 Å². The van der Waals surface area contributed by atoms with Gasteiger partial charge in [0.15, 0.2) is 0 Å². The maximum absolute atomic E-state index is 13.3. The van der Waals surface area contributed by atoms with Crippen LogP contribution in [0.4, 0.5) is 10.1 Å². The molecule has 3 rings (SSSR count). The van der Waals surface area contributed by atoms with Crippen LogP contribution in [0.2, 0.25) is 5.02 Å². The average Bonchev–Trinajstić information content (AvgIpc) is 2.78. The molecule has 0 fully saturated rings. The summed E-state index contributed by atoms with van der Waals surface area (Å²) in [7, 11) is 0. The van der Waals surface area contributed by atoms with Crippen molar-refractivity contribution in [1.29, 1.82) is 0 Å². The van der Waals surface area contributed by atoms with E-state index in [2.05, 4.69) is 10.3 Å². The van der Waals surface area contributed by atoms with E-state index in [0.717, 1.165) is 11.0 Å². The number of anilines is 1. The molecular weight excluding hydrogens is 255 g/mol. The molecule has 0 bridgehead atoms. The highest BCUT2D eigenvalue weighted by Crippen LogP contribution is 2.26. The lowest BCUT2D eigenvalue weighted by molar-refractivity contribution is 0.628. The van der Waals surface area contributed by atoms with E-state index in [1.54, 1.807) is 0 Å². The van der Waals surface area contributed by atoms with E-state index in [-0.39, 0.29) is 10.7 Å². The van der Waals surface area contributed by atoms with E-state index in [1.807, 2.05) is 24.3 Å². The highest BCUT2D eigenvalue weighted by Gasteiger charge is 2.12. The first-order valence-electron chi connectivity index (χ1n) is 5.22. The van der Waals surface area contributed by atoms with Gasteiger partial charge in [-0.2, -0.15) is 0 Å².